The number of nitrogens with one attached hydrogen (secondary N) is 2. The predicted molar refractivity (Wildman–Crippen MR) is 58.6 cm³/mol. The van der Waals surface area contributed by atoms with Crippen LogP contribution in [0.5, 0.6) is 0 Å². The van der Waals surface area contributed by atoms with Gasteiger partial charge in [0.2, 0.25) is 0 Å². The Labute approximate surface area is 90.5 Å². The maximum Gasteiger partial charge on any atom is 0.195 e. The minimum atomic E-state index is 0.555. The molecule has 15 heavy (non-hydrogen) atoms. The summed E-state index contributed by atoms with van der Waals surface area (Å²) < 4.78 is 5.61. The zero-order valence-electron chi connectivity index (χ0n) is 9.25. The minimum Gasteiger partial charge on any atom is -0.444 e. The van der Waals surface area contributed by atoms with E-state index >= 15 is 0 Å². The second kappa shape index (κ2) is 5.28. The molecule has 0 saturated carbocycles. The summed E-state index contributed by atoms with van der Waals surface area (Å²) in [6.45, 7) is 1.89. The SMILES string of the molecule is CNCc1cnc(CC2CCCCN2)o1. The summed E-state index contributed by atoms with van der Waals surface area (Å²) in [5, 5.41) is 6.54. The number of piperidine rings is 1. The maximum atomic E-state index is 5.61. The molecule has 1 saturated heterocycles. The van der Waals surface area contributed by atoms with Crippen LogP contribution in [0.25, 0.3) is 0 Å². The second-order valence-electron chi connectivity index (χ2n) is 4.10. The Morgan fingerprint density at radius 2 is 2.53 bits per heavy atom. The van der Waals surface area contributed by atoms with Crippen LogP contribution in [-0.2, 0) is 13.0 Å². The van der Waals surface area contributed by atoms with Gasteiger partial charge in [-0.3, -0.25) is 0 Å². The van der Waals surface area contributed by atoms with Crippen LogP contribution in [0.2, 0.25) is 0 Å². The number of oxazole rings is 1. The molecule has 1 aromatic rings. The summed E-state index contributed by atoms with van der Waals surface area (Å²) >= 11 is 0. The van der Waals surface area contributed by atoms with E-state index in [2.05, 4.69) is 15.6 Å². The van der Waals surface area contributed by atoms with E-state index in [1.54, 1.807) is 0 Å². The van der Waals surface area contributed by atoms with Gasteiger partial charge in [-0.1, -0.05) is 6.42 Å². The van der Waals surface area contributed by atoms with Crippen LogP contribution in [-0.4, -0.2) is 24.6 Å². The lowest BCUT2D eigenvalue weighted by Gasteiger charge is -2.21. The Morgan fingerprint density at radius 3 is 3.27 bits per heavy atom. The first kappa shape index (κ1) is 10.6. The van der Waals surface area contributed by atoms with Crippen LogP contribution < -0.4 is 10.6 Å². The first-order valence-electron chi connectivity index (χ1n) is 5.70. The Balaban J connectivity index is 1.86. The number of hydrogen-bond acceptors (Lipinski definition) is 4. The Bertz CT molecular complexity index is 292. The van der Waals surface area contributed by atoms with Crippen molar-refractivity contribution in [3.63, 3.8) is 0 Å². The van der Waals surface area contributed by atoms with Gasteiger partial charge in [0.05, 0.1) is 12.7 Å². The van der Waals surface area contributed by atoms with Crippen LogP contribution in [0, 0.1) is 0 Å². The van der Waals surface area contributed by atoms with Gasteiger partial charge in [-0.05, 0) is 26.4 Å². The van der Waals surface area contributed by atoms with Gasteiger partial charge in [-0.25, -0.2) is 4.98 Å². The van der Waals surface area contributed by atoms with Gasteiger partial charge >= 0.3 is 0 Å². The molecule has 2 heterocycles. The number of aromatic nitrogens is 1. The third-order valence-corrected chi connectivity index (χ3v) is 2.79. The van der Waals surface area contributed by atoms with Crippen molar-refractivity contribution in [1.29, 1.82) is 0 Å². The van der Waals surface area contributed by atoms with Gasteiger partial charge in [0.25, 0.3) is 0 Å². The molecule has 1 atom stereocenters. The van der Waals surface area contributed by atoms with E-state index in [0.29, 0.717) is 6.04 Å². The molecule has 0 aromatic carbocycles. The van der Waals surface area contributed by atoms with Crippen molar-refractivity contribution in [1.82, 2.24) is 15.6 Å². The van der Waals surface area contributed by atoms with Crippen molar-refractivity contribution < 1.29 is 4.42 Å². The number of rotatable bonds is 4. The van der Waals surface area contributed by atoms with Crippen molar-refractivity contribution in [2.45, 2.75) is 38.3 Å². The van der Waals surface area contributed by atoms with Crippen LogP contribution in [0.3, 0.4) is 0 Å². The molecule has 2 N–H and O–H groups in total. The molecule has 1 aliphatic heterocycles. The van der Waals surface area contributed by atoms with E-state index in [9.17, 15) is 0 Å². The topological polar surface area (TPSA) is 50.1 Å². The van der Waals surface area contributed by atoms with E-state index in [4.69, 9.17) is 4.42 Å². The van der Waals surface area contributed by atoms with E-state index in [1.807, 2.05) is 13.2 Å². The summed E-state index contributed by atoms with van der Waals surface area (Å²) in [6.07, 6.45) is 6.59. The Hall–Kier alpha value is -0.870. The number of nitrogens with zero attached hydrogens (tertiary/aromatic N) is 1. The first-order chi connectivity index (χ1) is 7.38. The third kappa shape index (κ3) is 3.04. The molecule has 84 valence electrons. The highest BCUT2D eigenvalue weighted by Crippen LogP contribution is 2.12. The lowest BCUT2D eigenvalue weighted by Crippen LogP contribution is -2.35. The fourth-order valence-electron chi connectivity index (χ4n) is 2.01. The standard InChI is InChI=1S/C11H19N3O/c1-12-7-10-8-14-11(15-10)6-9-4-2-3-5-13-9/h8-9,12-13H,2-7H2,1H3. The minimum absolute atomic E-state index is 0.555. The molecule has 0 radical (unpaired) electrons. The summed E-state index contributed by atoms with van der Waals surface area (Å²) in [5.41, 5.74) is 0. The van der Waals surface area contributed by atoms with Gasteiger partial charge in [0.1, 0.15) is 5.76 Å². The van der Waals surface area contributed by atoms with Gasteiger partial charge < -0.3 is 15.1 Å². The van der Waals surface area contributed by atoms with Crippen molar-refractivity contribution >= 4 is 0 Å². The first-order valence-corrected chi connectivity index (χ1v) is 5.70. The fraction of sp³-hybridized carbons (Fsp3) is 0.727. The molecule has 0 spiro atoms. The van der Waals surface area contributed by atoms with Crippen molar-refractivity contribution in [2.24, 2.45) is 0 Å². The molecule has 1 aliphatic rings. The van der Waals surface area contributed by atoms with Crippen molar-refractivity contribution in [3.05, 3.63) is 17.8 Å². The zero-order valence-corrected chi connectivity index (χ0v) is 9.25. The van der Waals surface area contributed by atoms with Crippen molar-refractivity contribution in [2.75, 3.05) is 13.6 Å². The van der Waals surface area contributed by atoms with Crippen LogP contribution in [0.1, 0.15) is 30.9 Å². The van der Waals surface area contributed by atoms with E-state index in [0.717, 1.165) is 31.2 Å². The quantitative estimate of drug-likeness (QED) is 0.779. The van der Waals surface area contributed by atoms with Gasteiger partial charge in [-0.15, -0.1) is 0 Å². The molecule has 0 aliphatic carbocycles. The molecule has 1 unspecified atom stereocenters. The average molecular weight is 209 g/mol. The summed E-state index contributed by atoms with van der Waals surface area (Å²) in [7, 11) is 1.91. The van der Waals surface area contributed by atoms with Crippen molar-refractivity contribution in [3.8, 4) is 0 Å². The van der Waals surface area contributed by atoms with Gasteiger partial charge in [0.15, 0.2) is 5.89 Å². The van der Waals surface area contributed by atoms with E-state index in [1.165, 1.54) is 19.3 Å². The molecule has 0 amide bonds. The van der Waals surface area contributed by atoms with Crippen LogP contribution >= 0.6 is 0 Å². The van der Waals surface area contributed by atoms with E-state index in [-0.39, 0.29) is 0 Å². The van der Waals surface area contributed by atoms with Crippen LogP contribution in [0.15, 0.2) is 10.6 Å². The Morgan fingerprint density at radius 1 is 1.60 bits per heavy atom. The second-order valence-corrected chi connectivity index (χ2v) is 4.10. The monoisotopic (exact) mass is 209 g/mol. The lowest BCUT2D eigenvalue weighted by atomic mass is 10.0. The molecule has 1 fully saturated rings. The largest absolute Gasteiger partial charge is 0.444 e. The predicted octanol–water partition coefficient (Wildman–Crippen LogP) is 1.08. The zero-order chi connectivity index (χ0) is 10.5. The lowest BCUT2D eigenvalue weighted by molar-refractivity contribution is 0.359. The Kier molecular flexibility index (Phi) is 3.75. The normalized spacial score (nSPS) is 21.8. The highest BCUT2D eigenvalue weighted by atomic mass is 16.4. The smallest absolute Gasteiger partial charge is 0.195 e. The molecular formula is C11H19N3O. The molecule has 2 rings (SSSR count). The van der Waals surface area contributed by atoms with Gasteiger partial charge in [0, 0.05) is 12.5 Å². The molecule has 4 nitrogen and oxygen atoms in total. The summed E-state index contributed by atoms with van der Waals surface area (Å²) in [5.74, 6) is 1.78. The fourth-order valence-corrected chi connectivity index (χ4v) is 2.01. The summed E-state index contributed by atoms with van der Waals surface area (Å²) in [4.78, 5) is 4.28. The molecule has 1 aromatic heterocycles. The van der Waals surface area contributed by atoms with Crippen LogP contribution in [0.4, 0.5) is 0 Å². The third-order valence-electron chi connectivity index (χ3n) is 2.79. The molecule has 0 bridgehead atoms. The van der Waals surface area contributed by atoms with Gasteiger partial charge in [-0.2, -0.15) is 0 Å². The molecule has 4 heteroatoms. The van der Waals surface area contributed by atoms with E-state index < -0.39 is 0 Å². The summed E-state index contributed by atoms with van der Waals surface area (Å²) in [6, 6.07) is 0.555. The number of hydrogen-bond donors (Lipinski definition) is 2. The highest BCUT2D eigenvalue weighted by molar-refractivity contribution is 4.96. The maximum absolute atomic E-state index is 5.61. The average Bonchev–Trinajstić information content (AvgIpc) is 2.68. The molecular weight excluding hydrogens is 190 g/mol. The highest BCUT2D eigenvalue weighted by Gasteiger charge is 2.15.